The Balaban J connectivity index is 1.72. The van der Waals surface area contributed by atoms with Crippen molar-refractivity contribution < 1.29 is 0 Å². The highest BCUT2D eigenvalue weighted by atomic mass is 15.2. The number of hydrogen-bond acceptors (Lipinski definition) is 1. The van der Waals surface area contributed by atoms with Gasteiger partial charge in [-0.1, -0.05) is 12.2 Å². The van der Waals surface area contributed by atoms with E-state index in [0.29, 0.717) is 5.54 Å². The second-order valence-corrected chi connectivity index (χ2v) is 5.28. The van der Waals surface area contributed by atoms with Crippen LogP contribution in [0.4, 0.5) is 0 Å². The largest absolute Gasteiger partial charge is 0.297 e. The normalized spacial score (nSPS) is 36.1. The summed E-state index contributed by atoms with van der Waals surface area (Å²) in [6, 6.07) is 0. The fraction of sp³-hybridized carbons (Fsp3) is 0.846. The predicted molar refractivity (Wildman–Crippen MR) is 59.3 cm³/mol. The lowest BCUT2D eigenvalue weighted by molar-refractivity contribution is 0.142. The van der Waals surface area contributed by atoms with Crippen molar-refractivity contribution in [3.8, 4) is 0 Å². The minimum atomic E-state index is 0.682. The van der Waals surface area contributed by atoms with Gasteiger partial charge in [0.05, 0.1) is 0 Å². The van der Waals surface area contributed by atoms with E-state index < -0.39 is 0 Å². The summed E-state index contributed by atoms with van der Waals surface area (Å²) in [7, 11) is 0. The van der Waals surface area contributed by atoms with Gasteiger partial charge in [-0.25, -0.2) is 0 Å². The predicted octanol–water partition coefficient (Wildman–Crippen LogP) is 2.97. The number of allylic oxidation sites excluding steroid dienone is 2. The Bertz CT molecular complexity index is 234. The fourth-order valence-corrected chi connectivity index (χ4v) is 3.55. The van der Waals surface area contributed by atoms with Crippen molar-refractivity contribution in [2.45, 2.75) is 50.5 Å². The maximum atomic E-state index is 2.82. The number of likely N-dealkylation sites (tertiary alicyclic amines) is 1. The molecule has 14 heavy (non-hydrogen) atoms. The topological polar surface area (TPSA) is 3.24 Å². The van der Waals surface area contributed by atoms with Crippen LogP contribution in [0.25, 0.3) is 0 Å². The average molecular weight is 191 g/mol. The average Bonchev–Trinajstić information content (AvgIpc) is 2.88. The lowest BCUT2D eigenvalue weighted by Gasteiger charge is -2.35. The monoisotopic (exact) mass is 191 g/mol. The molecule has 1 saturated heterocycles. The van der Waals surface area contributed by atoms with Gasteiger partial charge in [-0.05, 0) is 64.0 Å². The molecule has 1 atom stereocenters. The van der Waals surface area contributed by atoms with Gasteiger partial charge in [0.25, 0.3) is 0 Å². The summed E-state index contributed by atoms with van der Waals surface area (Å²) in [5, 5.41) is 0. The van der Waals surface area contributed by atoms with E-state index in [0.717, 1.165) is 5.92 Å². The first-order chi connectivity index (χ1) is 6.92. The molecule has 1 heteroatoms. The van der Waals surface area contributed by atoms with Crippen LogP contribution in [0.2, 0.25) is 0 Å². The zero-order valence-electron chi connectivity index (χ0n) is 9.04. The highest BCUT2D eigenvalue weighted by Gasteiger charge is 2.53. The summed E-state index contributed by atoms with van der Waals surface area (Å²) in [5.41, 5.74) is 0.682. The maximum Gasteiger partial charge on any atom is 0.0242 e. The molecule has 0 aromatic heterocycles. The Morgan fingerprint density at radius 1 is 1.07 bits per heavy atom. The van der Waals surface area contributed by atoms with Gasteiger partial charge in [0.15, 0.2) is 0 Å². The van der Waals surface area contributed by atoms with Gasteiger partial charge in [0, 0.05) is 5.54 Å². The summed E-state index contributed by atoms with van der Waals surface area (Å²) in [6.07, 6.45) is 14.8. The van der Waals surface area contributed by atoms with E-state index in [2.05, 4.69) is 17.1 Å². The van der Waals surface area contributed by atoms with E-state index in [1.54, 1.807) is 0 Å². The molecule has 0 N–H and O–H groups in total. The van der Waals surface area contributed by atoms with Crippen LogP contribution in [-0.2, 0) is 0 Å². The SMILES string of the molecule is C1=CCC(C2(N3CCCC3)CC2)CC1. The molecule has 0 aromatic carbocycles. The molecule has 1 nitrogen and oxygen atoms in total. The zero-order chi connectivity index (χ0) is 9.43. The minimum Gasteiger partial charge on any atom is -0.297 e. The molecule has 2 fully saturated rings. The number of rotatable bonds is 2. The van der Waals surface area contributed by atoms with E-state index in [1.807, 2.05) is 0 Å². The molecule has 0 aromatic rings. The third kappa shape index (κ3) is 1.33. The Hall–Kier alpha value is -0.300. The van der Waals surface area contributed by atoms with Gasteiger partial charge in [0.1, 0.15) is 0 Å². The summed E-state index contributed by atoms with van der Waals surface area (Å²) in [5.74, 6) is 0.991. The second-order valence-electron chi connectivity index (χ2n) is 5.28. The van der Waals surface area contributed by atoms with Crippen LogP contribution in [-0.4, -0.2) is 23.5 Å². The Morgan fingerprint density at radius 2 is 1.86 bits per heavy atom. The smallest absolute Gasteiger partial charge is 0.0242 e. The van der Waals surface area contributed by atoms with Crippen LogP contribution in [0.15, 0.2) is 12.2 Å². The van der Waals surface area contributed by atoms with Crippen molar-refractivity contribution in [2.24, 2.45) is 5.92 Å². The Morgan fingerprint density at radius 3 is 2.43 bits per heavy atom. The van der Waals surface area contributed by atoms with Crippen molar-refractivity contribution >= 4 is 0 Å². The van der Waals surface area contributed by atoms with Gasteiger partial charge >= 0.3 is 0 Å². The lowest BCUT2D eigenvalue weighted by Crippen LogP contribution is -2.41. The number of hydrogen-bond donors (Lipinski definition) is 0. The molecular weight excluding hydrogens is 170 g/mol. The van der Waals surface area contributed by atoms with E-state index in [9.17, 15) is 0 Å². The van der Waals surface area contributed by atoms with Gasteiger partial charge in [-0.15, -0.1) is 0 Å². The van der Waals surface area contributed by atoms with Crippen LogP contribution >= 0.6 is 0 Å². The Labute approximate surface area is 87.2 Å². The molecule has 78 valence electrons. The highest BCUT2D eigenvalue weighted by Crippen LogP contribution is 2.52. The van der Waals surface area contributed by atoms with E-state index in [1.165, 1.54) is 58.0 Å². The summed E-state index contributed by atoms with van der Waals surface area (Å²) < 4.78 is 0. The van der Waals surface area contributed by atoms with Crippen LogP contribution in [0, 0.1) is 5.92 Å². The highest BCUT2D eigenvalue weighted by molar-refractivity contribution is 5.12. The van der Waals surface area contributed by atoms with Gasteiger partial charge in [-0.2, -0.15) is 0 Å². The van der Waals surface area contributed by atoms with Crippen molar-refractivity contribution in [3.05, 3.63) is 12.2 Å². The standard InChI is InChI=1S/C13H21N/c1-2-6-12(7-3-1)13(8-9-13)14-10-4-5-11-14/h1-2,12H,3-11H2. The first kappa shape index (κ1) is 8.96. The van der Waals surface area contributed by atoms with Crippen molar-refractivity contribution in [3.63, 3.8) is 0 Å². The van der Waals surface area contributed by atoms with Crippen LogP contribution < -0.4 is 0 Å². The van der Waals surface area contributed by atoms with E-state index in [-0.39, 0.29) is 0 Å². The molecule has 1 saturated carbocycles. The van der Waals surface area contributed by atoms with Gasteiger partial charge in [0.2, 0.25) is 0 Å². The fourth-order valence-electron chi connectivity index (χ4n) is 3.55. The van der Waals surface area contributed by atoms with Crippen molar-refractivity contribution in [1.29, 1.82) is 0 Å². The molecule has 0 spiro atoms. The van der Waals surface area contributed by atoms with Crippen LogP contribution in [0.5, 0.6) is 0 Å². The lowest BCUT2D eigenvalue weighted by atomic mass is 9.85. The molecule has 0 amide bonds. The van der Waals surface area contributed by atoms with E-state index in [4.69, 9.17) is 0 Å². The first-order valence-electron chi connectivity index (χ1n) is 6.32. The summed E-state index contributed by atoms with van der Waals surface area (Å²) in [6.45, 7) is 2.78. The Kier molecular flexibility index (Phi) is 2.16. The molecular formula is C13H21N. The molecule has 1 unspecified atom stereocenters. The molecule has 2 aliphatic carbocycles. The second kappa shape index (κ2) is 3.37. The first-order valence-corrected chi connectivity index (χ1v) is 6.32. The third-order valence-corrected chi connectivity index (χ3v) is 4.53. The summed E-state index contributed by atoms with van der Waals surface area (Å²) >= 11 is 0. The molecule has 3 rings (SSSR count). The number of nitrogens with zero attached hydrogens (tertiary/aromatic N) is 1. The van der Waals surface area contributed by atoms with Crippen molar-refractivity contribution in [2.75, 3.05) is 13.1 Å². The van der Waals surface area contributed by atoms with Gasteiger partial charge in [-0.3, -0.25) is 4.90 Å². The molecule has 0 bridgehead atoms. The quantitative estimate of drug-likeness (QED) is 0.607. The minimum absolute atomic E-state index is 0.682. The van der Waals surface area contributed by atoms with E-state index >= 15 is 0 Å². The molecule has 3 aliphatic rings. The molecule has 1 aliphatic heterocycles. The molecule has 0 radical (unpaired) electrons. The van der Waals surface area contributed by atoms with Crippen LogP contribution in [0.1, 0.15) is 44.9 Å². The zero-order valence-corrected chi connectivity index (χ0v) is 9.04. The van der Waals surface area contributed by atoms with Crippen LogP contribution in [0.3, 0.4) is 0 Å². The maximum absolute atomic E-state index is 2.82. The summed E-state index contributed by atoms with van der Waals surface area (Å²) in [4.78, 5) is 2.82. The third-order valence-electron chi connectivity index (χ3n) is 4.53. The van der Waals surface area contributed by atoms with Crippen molar-refractivity contribution in [1.82, 2.24) is 4.90 Å². The van der Waals surface area contributed by atoms with Gasteiger partial charge < -0.3 is 0 Å². The molecule has 1 heterocycles.